The van der Waals surface area contributed by atoms with Gasteiger partial charge in [0, 0.05) is 0 Å². The van der Waals surface area contributed by atoms with Gasteiger partial charge in [0.1, 0.15) is 0 Å². The molecule has 1 nitrogen and oxygen atoms in total. The Morgan fingerprint density at radius 2 is 1.43 bits per heavy atom. The Morgan fingerprint density at radius 1 is 0.913 bits per heavy atom. The quantitative estimate of drug-likeness (QED) is 0.274. The molecule has 0 N–H and O–H groups in total. The van der Waals surface area contributed by atoms with E-state index < -0.39 is 18.4 Å². The van der Waals surface area contributed by atoms with Gasteiger partial charge in [-0.2, -0.15) is 0 Å². The molecule has 0 spiro atoms. The number of nitrogens with zero attached hydrogens (tertiary/aromatic N) is 1. The van der Waals surface area contributed by atoms with Crippen molar-refractivity contribution in [3.05, 3.63) is 17.8 Å². The third kappa shape index (κ3) is 5.95. The molecular weight excluding hydrogens is 405 g/mol. The van der Waals surface area contributed by atoms with E-state index in [1.54, 1.807) is 9.27 Å². The van der Waals surface area contributed by atoms with Crippen molar-refractivity contribution in [2.45, 2.75) is 90.8 Å². The van der Waals surface area contributed by atoms with E-state index in [9.17, 15) is 0 Å². The molecule has 0 amide bonds. The monoisotopic (exact) mass is 443 g/mol. The van der Waals surface area contributed by atoms with Crippen molar-refractivity contribution in [3.8, 4) is 0 Å². The zero-order valence-corrected chi connectivity index (χ0v) is 19.8. The van der Waals surface area contributed by atoms with Crippen molar-refractivity contribution in [1.82, 2.24) is 4.98 Å². The minimum atomic E-state index is -2.38. The molecule has 0 aromatic carbocycles. The Hall–Kier alpha value is 0.299. The molecule has 0 atom stereocenters. The van der Waals surface area contributed by atoms with Gasteiger partial charge >= 0.3 is 154 Å². The summed E-state index contributed by atoms with van der Waals surface area (Å²) in [6.07, 6.45) is 13.7. The van der Waals surface area contributed by atoms with E-state index in [2.05, 4.69) is 46.2 Å². The molecule has 3 heteroatoms. The third-order valence-corrected chi connectivity index (χ3v) is 21.3. The number of thioether (sulfide) groups is 1. The first kappa shape index (κ1) is 21.3. The molecule has 0 saturated carbocycles. The van der Waals surface area contributed by atoms with E-state index in [-0.39, 0.29) is 0 Å². The summed E-state index contributed by atoms with van der Waals surface area (Å²) in [5, 5.41) is 0. The zero-order valence-electron chi connectivity index (χ0n) is 16.1. The van der Waals surface area contributed by atoms with E-state index in [1.807, 2.05) is 11.8 Å². The fraction of sp³-hybridized carbons (Fsp3) is 0.750. The molecule has 0 aliphatic rings. The average Bonchev–Trinajstić information content (AvgIpc) is 2.60. The number of unbranched alkanes of at least 4 members (excludes halogenated alkanes) is 3. The Kier molecular flexibility index (Phi) is 10.9. The summed E-state index contributed by atoms with van der Waals surface area (Å²) in [6.45, 7) is 9.38. The van der Waals surface area contributed by atoms with Crippen molar-refractivity contribution in [1.29, 1.82) is 0 Å². The van der Waals surface area contributed by atoms with Crippen LogP contribution in [0, 0.1) is 0 Å². The molecule has 1 aromatic rings. The molecule has 0 unspecified atom stereocenters. The standard InChI is InChI=1S/C8H10NS.3C4H9.Sn/c1-3-7-6-9-5-4-8(7)10-2;3*1-3-4-2;/h4-5H,3H2,1-2H3;3*1,3-4H2,2H3;. The van der Waals surface area contributed by atoms with Gasteiger partial charge in [-0.3, -0.25) is 0 Å². The summed E-state index contributed by atoms with van der Waals surface area (Å²) in [5.74, 6) is 0. The van der Waals surface area contributed by atoms with Crippen LogP contribution >= 0.6 is 11.8 Å². The van der Waals surface area contributed by atoms with Gasteiger partial charge < -0.3 is 0 Å². The first-order valence-corrected chi connectivity index (χ1v) is 18.4. The van der Waals surface area contributed by atoms with Crippen LogP contribution < -0.4 is 3.71 Å². The first-order chi connectivity index (χ1) is 11.2. The summed E-state index contributed by atoms with van der Waals surface area (Å²) in [7, 11) is 0. The maximum absolute atomic E-state index is 5.07. The topological polar surface area (TPSA) is 12.9 Å². The van der Waals surface area contributed by atoms with Crippen LogP contribution in [0.1, 0.15) is 71.8 Å². The normalized spacial score (nSPS) is 11.9. The van der Waals surface area contributed by atoms with Gasteiger partial charge in [0.05, 0.1) is 0 Å². The van der Waals surface area contributed by atoms with Crippen LogP contribution in [0.4, 0.5) is 0 Å². The molecular formula is C20H37NSSn. The zero-order chi connectivity index (χ0) is 17.1. The molecule has 1 aromatic heterocycles. The van der Waals surface area contributed by atoms with E-state index >= 15 is 0 Å². The van der Waals surface area contributed by atoms with Gasteiger partial charge in [-0.15, -0.1) is 0 Å². The van der Waals surface area contributed by atoms with Crippen LogP contribution in [0.15, 0.2) is 17.2 Å². The molecule has 0 bridgehead atoms. The SMILES string of the molecule is CCC[CH2][Sn]([CH2]CCC)([CH2]CCC)[c]1nccc(SC)c1CC. The number of hydrogen-bond donors (Lipinski definition) is 0. The number of rotatable bonds is 12. The molecule has 1 heterocycles. The molecule has 0 radical (unpaired) electrons. The van der Waals surface area contributed by atoms with E-state index in [1.165, 1.54) is 56.7 Å². The minimum absolute atomic E-state index is 1.16. The van der Waals surface area contributed by atoms with Crippen LogP contribution in [0.25, 0.3) is 0 Å². The number of pyridine rings is 1. The second-order valence-electron chi connectivity index (χ2n) is 6.78. The van der Waals surface area contributed by atoms with E-state index in [4.69, 9.17) is 4.98 Å². The summed E-state index contributed by atoms with van der Waals surface area (Å²) < 4.78 is 6.19. The summed E-state index contributed by atoms with van der Waals surface area (Å²) in [6, 6.07) is 2.24. The number of hydrogen-bond acceptors (Lipinski definition) is 2. The van der Waals surface area contributed by atoms with E-state index in [0.29, 0.717) is 0 Å². The molecule has 0 aliphatic carbocycles. The van der Waals surface area contributed by atoms with Gasteiger partial charge in [0.2, 0.25) is 0 Å². The summed E-state index contributed by atoms with van der Waals surface area (Å²) >= 11 is -0.467. The van der Waals surface area contributed by atoms with E-state index in [0.717, 1.165) is 6.42 Å². The molecule has 1 rings (SSSR count). The van der Waals surface area contributed by atoms with Crippen LogP contribution in [0.3, 0.4) is 0 Å². The van der Waals surface area contributed by atoms with Crippen LogP contribution in [0.5, 0.6) is 0 Å². The van der Waals surface area contributed by atoms with Gasteiger partial charge in [-0.05, 0) is 0 Å². The Balaban J connectivity index is 3.33. The van der Waals surface area contributed by atoms with Crippen LogP contribution in [-0.2, 0) is 6.42 Å². The molecule has 23 heavy (non-hydrogen) atoms. The molecule has 0 fully saturated rings. The number of aromatic nitrogens is 1. The third-order valence-electron chi connectivity index (χ3n) is 5.12. The summed E-state index contributed by atoms with van der Waals surface area (Å²) in [4.78, 5) is 6.56. The predicted molar refractivity (Wildman–Crippen MR) is 110 cm³/mol. The van der Waals surface area contributed by atoms with Crippen molar-refractivity contribution in [2.24, 2.45) is 0 Å². The van der Waals surface area contributed by atoms with Crippen molar-refractivity contribution >= 4 is 33.8 Å². The Bertz CT molecular complexity index is 425. The van der Waals surface area contributed by atoms with Gasteiger partial charge in [-0.1, -0.05) is 0 Å². The van der Waals surface area contributed by atoms with Crippen molar-refractivity contribution in [3.63, 3.8) is 0 Å². The van der Waals surface area contributed by atoms with Crippen molar-refractivity contribution < 1.29 is 0 Å². The molecule has 0 saturated heterocycles. The first-order valence-electron chi connectivity index (χ1n) is 9.71. The van der Waals surface area contributed by atoms with Gasteiger partial charge in [0.25, 0.3) is 0 Å². The Morgan fingerprint density at radius 3 is 1.83 bits per heavy atom. The molecule has 0 aliphatic heterocycles. The maximum atomic E-state index is 5.07. The summed E-state index contributed by atoms with van der Waals surface area (Å²) in [5.41, 5.74) is 1.61. The second kappa shape index (κ2) is 11.8. The predicted octanol–water partition coefficient (Wildman–Crippen LogP) is 6.42. The van der Waals surface area contributed by atoms with Gasteiger partial charge in [-0.25, -0.2) is 0 Å². The van der Waals surface area contributed by atoms with Gasteiger partial charge in [0.15, 0.2) is 0 Å². The van der Waals surface area contributed by atoms with Crippen LogP contribution in [-0.4, -0.2) is 29.6 Å². The van der Waals surface area contributed by atoms with Crippen molar-refractivity contribution in [2.75, 3.05) is 6.26 Å². The second-order valence-corrected chi connectivity index (χ2v) is 20.6. The fourth-order valence-corrected chi connectivity index (χ4v) is 21.4. The van der Waals surface area contributed by atoms with Crippen LogP contribution in [0.2, 0.25) is 13.3 Å². The average molecular weight is 442 g/mol. The Labute approximate surface area is 153 Å². The fourth-order valence-electron chi connectivity index (χ4n) is 3.74. The molecule has 132 valence electrons.